The Morgan fingerprint density at radius 1 is 1.17 bits per heavy atom. The number of carbonyl (C=O) groups excluding carboxylic acids is 1. The van der Waals surface area contributed by atoms with Crippen molar-refractivity contribution in [2.24, 2.45) is 0 Å². The van der Waals surface area contributed by atoms with Gasteiger partial charge in [-0.1, -0.05) is 61.0 Å². The summed E-state index contributed by atoms with van der Waals surface area (Å²) in [4.78, 5) is 12.2. The molecule has 0 heterocycles. The number of rotatable bonds is 8. The normalized spacial score (nSPS) is 13.3. The summed E-state index contributed by atoms with van der Waals surface area (Å²) in [7, 11) is 1.69. The lowest BCUT2D eigenvalue weighted by Crippen LogP contribution is -2.42. The van der Waals surface area contributed by atoms with E-state index < -0.39 is 5.60 Å². The molecule has 2 aromatic rings. The number of ether oxygens (including phenoxy) is 1. The Morgan fingerprint density at radius 3 is 2.54 bits per heavy atom. The van der Waals surface area contributed by atoms with Crippen molar-refractivity contribution in [1.29, 1.82) is 0 Å². The SMILES string of the molecule is CC[C@](CNC(=O)CCc1cccc(Cl)c1)(OC)c1ccccc1. The van der Waals surface area contributed by atoms with Gasteiger partial charge in [-0.15, -0.1) is 0 Å². The van der Waals surface area contributed by atoms with Gasteiger partial charge in [-0.2, -0.15) is 0 Å². The van der Waals surface area contributed by atoms with Gasteiger partial charge in [-0.3, -0.25) is 4.79 Å². The highest BCUT2D eigenvalue weighted by molar-refractivity contribution is 6.30. The number of benzene rings is 2. The van der Waals surface area contributed by atoms with Gasteiger partial charge >= 0.3 is 0 Å². The second-order valence-electron chi connectivity index (χ2n) is 5.82. The molecule has 1 amide bonds. The summed E-state index contributed by atoms with van der Waals surface area (Å²) < 4.78 is 5.77. The third kappa shape index (κ3) is 4.83. The molecule has 1 atom stereocenters. The molecule has 0 fully saturated rings. The monoisotopic (exact) mass is 345 g/mol. The molecule has 128 valence electrons. The lowest BCUT2D eigenvalue weighted by molar-refractivity contribution is -0.123. The van der Waals surface area contributed by atoms with Crippen LogP contribution in [0.5, 0.6) is 0 Å². The maximum absolute atomic E-state index is 12.2. The summed E-state index contributed by atoms with van der Waals surface area (Å²) in [5.74, 6) is 0.0146. The minimum atomic E-state index is -0.493. The maximum atomic E-state index is 12.2. The molecule has 1 N–H and O–H groups in total. The number of amides is 1. The van der Waals surface area contributed by atoms with E-state index in [2.05, 4.69) is 12.2 Å². The predicted octanol–water partition coefficient (Wildman–Crippen LogP) is 4.34. The first-order chi connectivity index (χ1) is 11.6. The van der Waals surface area contributed by atoms with Crippen molar-refractivity contribution in [2.45, 2.75) is 31.8 Å². The third-order valence-electron chi connectivity index (χ3n) is 4.36. The third-order valence-corrected chi connectivity index (χ3v) is 4.60. The van der Waals surface area contributed by atoms with E-state index in [1.54, 1.807) is 7.11 Å². The Balaban J connectivity index is 1.93. The summed E-state index contributed by atoms with van der Waals surface area (Å²) in [6, 6.07) is 17.6. The van der Waals surface area contributed by atoms with Crippen molar-refractivity contribution in [3.8, 4) is 0 Å². The van der Waals surface area contributed by atoms with Gasteiger partial charge in [0, 0.05) is 18.6 Å². The van der Waals surface area contributed by atoms with Gasteiger partial charge in [-0.25, -0.2) is 0 Å². The standard InChI is InChI=1S/C20H24ClNO2/c1-3-20(24-2,17-9-5-4-6-10-17)15-22-19(23)13-12-16-8-7-11-18(21)14-16/h4-11,14H,3,12-13,15H2,1-2H3,(H,22,23)/t20-/m1/s1. The average molecular weight is 346 g/mol. The van der Waals surface area contributed by atoms with Crippen LogP contribution in [0.15, 0.2) is 54.6 Å². The van der Waals surface area contributed by atoms with Crippen LogP contribution in [0.4, 0.5) is 0 Å². The Morgan fingerprint density at radius 2 is 1.92 bits per heavy atom. The molecule has 24 heavy (non-hydrogen) atoms. The Bertz CT molecular complexity index is 654. The van der Waals surface area contributed by atoms with Crippen molar-refractivity contribution in [1.82, 2.24) is 5.32 Å². The molecule has 0 aliphatic rings. The molecule has 0 radical (unpaired) electrons. The fraction of sp³-hybridized carbons (Fsp3) is 0.350. The molecule has 0 aliphatic carbocycles. The van der Waals surface area contributed by atoms with Crippen molar-refractivity contribution in [2.75, 3.05) is 13.7 Å². The molecule has 0 spiro atoms. The molecule has 0 aliphatic heterocycles. The van der Waals surface area contributed by atoms with E-state index >= 15 is 0 Å². The lowest BCUT2D eigenvalue weighted by atomic mass is 9.90. The van der Waals surface area contributed by atoms with Gasteiger partial charge in [0.05, 0.1) is 6.54 Å². The molecule has 0 saturated heterocycles. The Labute approximate surface area is 149 Å². The van der Waals surface area contributed by atoms with Crippen molar-refractivity contribution < 1.29 is 9.53 Å². The minimum absolute atomic E-state index is 0.0146. The van der Waals surface area contributed by atoms with E-state index in [0.29, 0.717) is 24.4 Å². The number of carbonyl (C=O) groups is 1. The number of halogens is 1. The van der Waals surface area contributed by atoms with Gasteiger partial charge in [0.25, 0.3) is 0 Å². The Kier molecular flexibility index (Phi) is 6.83. The van der Waals surface area contributed by atoms with Crippen LogP contribution in [0.3, 0.4) is 0 Å². The summed E-state index contributed by atoms with van der Waals surface area (Å²) in [6.45, 7) is 2.52. The van der Waals surface area contributed by atoms with E-state index in [4.69, 9.17) is 16.3 Å². The molecule has 3 nitrogen and oxygen atoms in total. The first kappa shape index (κ1) is 18.5. The zero-order chi connectivity index (χ0) is 17.4. The van der Waals surface area contributed by atoms with Gasteiger partial charge in [0.1, 0.15) is 5.60 Å². The van der Waals surface area contributed by atoms with Crippen LogP contribution in [-0.4, -0.2) is 19.6 Å². The van der Waals surface area contributed by atoms with Crippen LogP contribution < -0.4 is 5.32 Å². The number of hydrogen-bond donors (Lipinski definition) is 1. The number of hydrogen-bond acceptors (Lipinski definition) is 2. The largest absolute Gasteiger partial charge is 0.372 e. The van der Waals surface area contributed by atoms with Crippen molar-refractivity contribution in [3.05, 3.63) is 70.7 Å². The minimum Gasteiger partial charge on any atom is -0.372 e. The topological polar surface area (TPSA) is 38.3 Å². The molecule has 0 saturated carbocycles. The fourth-order valence-electron chi connectivity index (χ4n) is 2.79. The van der Waals surface area contributed by atoms with E-state index in [1.807, 2.05) is 54.6 Å². The van der Waals surface area contributed by atoms with Gasteiger partial charge < -0.3 is 10.1 Å². The summed E-state index contributed by atoms with van der Waals surface area (Å²) in [5.41, 5.74) is 1.65. The first-order valence-corrected chi connectivity index (χ1v) is 8.59. The van der Waals surface area contributed by atoms with Crippen LogP contribution in [0.25, 0.3) is 0 Å². The van der Waals surface area contributed by atoms with Crippen molar-refractivity contribution >= 4 is 17.5 Å². The maximum Gasteiger partial charge on any atom is 0.220 e. The van der Waals surface area contributed by atoms with Gasteiger partial charge in [-0.05, 0) is 36.1 Å². The van der Waals surface area contributed by atoms with Crippen LogP contribution in [0, 0.1) is 0 Å². The molecular formula is C20H24ClNO2. The van der Waals surface area contributed by atoms with Crippen LogP contribution in [0.1, 0.15) is 30.9 Å². The molecule has 2 aromatic carbocycles. The average Bonchev–Trinajstić information content (AvgIpc) is 2.62. The quantitative estimate of drug-likeness (QED) is 0.772. The van der Waals surface area contributed by atoms with E-state index in [1.165, 1.54) is 0 Å². The zero-order valence-corrected chi connectivity index (χ0v) is 15.0. The van der Waals surface area contributed by atoms with Crippen LogP contribution in [0.2, 0.25) is 5.02 Å². The van der Waals surface area contributed by atoms with E-state index in [0.717, 1.165) is 17.5 Å². The zero-order valence-electron chi connectivity index (χ0n) is 14.2. The summed E-state index contributed by atoms with van der Waals surface area (Å²) in [5, 5.41) is 3.71. The summed E-state index contributed by atoms with van der Waals surface area (Å²) >= 11 is 5.97. The van der Waals surface area contributed by atoms with Crippen molar-refractivity contribution in [3.63, 3.8) is 0 Å². The molecule has 0 unspecified atom stereocenters. The molecule has 4 heteroatoms. The number of nitrogens with one attached hydrogen (secondary N) is 1. The lowest BCUT2D eigenvalue weighted by Gasteiger charge is -2.32. The van der Waals surface area contributed by atoms with Crippen LogP contribution >= 0.6 is 11.6 Å². The Hall–Kier alpha value is -1.84. The van der Waals surface area contributed by atoms with Crippen LogP contribution in [-0.2, 0) is 21.6 Å². The highest BCUT2D eigenvalue weighted by Crippen LogP contribution is 2.28. The van der Waals surface area contributed by atoms with Gasteiger partial charge in [0.15, 0.2) is 0 Å². The highest BCUT2D eigenvalue weighted by atomic mass is 35.5. The fourth-order valence-corrected chi connectivity index (χ4v) is 3.00. The number of aryl methyl sites for hydroxylation is 1. The highest BCUT2D eigenvalue weighted by Gasteiger charge is 2.30. The number of methoxy groups -OCH3 is 1. The first-order valence-electron chi connectivity index (χ1n) is 8.21. The molecule has 0 aromatic heterocycles. The van der Waals surface area contributed by atoms with E-state index in [9.17, 15) is 4.79 Å². The molecule has 2 rings (SSSR count). The predicted molar refractivity (Wildman–Crippen MR) is 98.2 cm³/mol. The second-order valence-corrected chi connectivity index (χ2v) is 6.26. The molecular weight excluding hydrogens is 322 g/mol. The molecule has 0 bridgehead atoms. The van der Waals surface area contributed by atoms with Gasteiger partial charge in [0.2, 0.25) is 5.91 Å². The summed E-state index contributed by atoms with van der Waals surface area (Å²) in [6.07, 6.45) is 1.88. The smallest absolute Gasteiger partial charge is 0.220 e. The second kappa shape index (κ2) is 8.86. The van der Waals surface area contributed by atoms with E-state index in [-0.39, 0.29) is 5.91 Å².